The molecular weight excluding hydrogens is 276 g/mol. The van der Waals surface area contributed by atoms with Crippen molar-refractivity contribution in [1.29, 1.82) is 0 Å². The standard InChI is InChI=1S/C6H6AsClO3.2Na/c8-6-3-1-5(2-4-6)7(9,10)11;;/h1-4H,(H2,9,10,11);;. The Labute approximate surface area is 128 Å². The van der Waals surface area contributed by atoms with Crippen molar-refractivity contribution in [2.45, 2.75) is 0 Å². The van der Waals surface area contributed by atoms with Crippen molar-refractivity contribution in [3.8, 4) is 0 Å². The Balaban J connectivity index is 0. The van der Waals surface area contributed by atoms with Crippen molar-refractivity contribution < 1.29 is 11.9 Å². The third-order valence-electron chi connectivity index (χ3n) is 1.16. The van der Waals surface area contributed by atoms with E-state index < -0.39 is 14.2 Å². The summed E-state index contributed by atoms with van der Waals surface area (Å²) in [6.45, 7) is 0. The number of benzene rings is 1. The fourth-order valence-electron chi connectivity index (χ4n) is 0.635. The van der Waals surface area contributed by atoms with Gasteiger partial charge in [0.2, 0.25) is 0 Å². The number of rotatable bonds is 1. The van der Waals surface area contributed by atoms with Crippen LogP contribution >= 0.6 is 11.6 Å². The second-order valence-corrected chi connectivity index (χ2v) is 5.82. The predicted molar refractivity (Wildman–Crippen MR) is 53.5 cm³/mol. The number of hydrogen-bond donors (Lipinski definition) is 2. The summed E-state index contributed by atoms with van der Waals surface area (Å²) >= 11 is 0.832. The minimum absolute atomic E-state index is 0. The van der Waals surface area contributed by atoms with E-state index in [1.54, 1.807) is 0 Å². The summed E-state index contributed by atoms with van der Waals surface area (Å²) in [5.74, 6) is 0. The van der Waals surface area contributed by atoms with Crippen LogP contribution in [0.4, 0.5) is 0 Å². The van der Waals surface area contributed by atoms with Crippen molar-refractivity contribution in [3.63, 3.8) is 0 Å². The molecule has 13 heavy (non-hydrogen) atoms. The van der Waals surface area contributed by atoms with Crippen LogP contribution < -0.4 is 4.35 Å². The predicted octanol–water partition coefficient (Wildman–Crippen LogP) is -0.861. The molecule has 0 bridgehead atoms. The van der Waals surface area contributed by atoms with E-state index in [0.29, 0.717) is 5.02 Å². The van der Waals surface area contributed by atoms with Crippen LogP contribution in [-0.2, 0) is 3.74 Å². The Morgan fingerprint density at radius 2 is 1.46 bits per heavy atom. The van der Waals surface area contributed by atoms with Crippen LogP contribution in [0.15, 0.2) is 24.3 Å². The summed E-state index contributed by atoms with van der Waals surface area (Å²) in [7, 11) is 0. The van der Waals surface area contributed by atoms with E-state index in [0.717, 1.165) is 0 Å². The molecule has 7 heteroatoms. The van der Waals surface area contributed by atoms with Gasteiger partial charge in [-0.25, -0.2) is 0 Å². The molecule has 0 atom stereocenters. The maximum atomic E-state index is 10.7. The number of halogens is 1. The van der Waals surface area contributed by atoms with Gasteiger partial charge in [0, 0.05) is 59.1 Å². The van der Waals surface area contributed by atoms with Gasteiger partial charge in [0.1, 0.15) is 0 Å². The average Bonchev–Trinajstić information content (AvgIpc) is 1.86. The molecule has 1 aromatic carbocycles. The smallest absolute Gasteiger partial charge is 0 e. The van der Waals surface area contributed by atoms with Gasteiger partial charge in [-0.2, -0.15) is 0 Å². The normalized spacial score (nSPS) is 9.77. The Kier molecular flexibility index (Phi) is 9.42. The first-order chi connectivity index (χ1) is 5.00. The maximum absolute atomic E-state index is 10.7. The topological polar surface area (TPSA) is 57.5 Å². The summed E-state index contributed by atoms with van der Waals surface area (Å²) in [6.07, 6.45) is 0. The Hall–Kier alpha value is 1.79. The molecule has 62 valence electrons. The van der Waals surface area contributed by atoms with Gasteiger partial charge in [-0.1, -0.05) is 0 Å². The van der Waals surface area contributed by atoms with Crippen molar-refractivity contribution in [3.05, 3.63) is 29.3 Å². The Bertz CT molecular complexity index is 297. The van der Waals surface area contributed by atoms with Gasteiger partial charge in [0.25, 0.3) is 0 Å². The van der Waals surface area contributed by atoms with E-state index >= 15 is 0 Å². The Morgan fingerprint density at radius 1 is 1.08 bits per heavy atom. The number of hydrogen-bond acceptors (Lipinski definition) is 1. The first-order valence-electron chi connectivity index (χ1n) is 2.82. The van der Waals surface area contributed by atoms with Gasteiger partial charge in [-0.05, 0) is 0 Å². The molecule has 0 heterocycles. The van der Waals surface area contributed by atoms with Crippen molar-refractivity contribution in [1.82, 2.24) is 0 Å². The van der Waals surface area contributed by atoms with Crippen LogP contribution in [0, 0.1) is 0 Å². The second kappa shape index (κ2) is 7.13. The van der Waals surface area contributed by atoms with Crippen LogP contribution in [-0.4, -0.2) is 81.5 Å². The zero-order valence-electron chi connectivity index (χ0n) is 7.44. The minimum Gasteiger partial charge on any atom is 0 e. The van der Waals surface area contributed by atoms with Gasteiger partial charge >= 0.3 is 71.3 Å². The first-order valence-corrected chi connectivity index (χ1v) is 6.58. The van der Waals surface area contributed by atoms with E-state index in [-0.39, 0.29) is 63.5 Å². The van der Waals surface area contributed by atoms with E-state index in [1.807, 2.05) is 0 Å². The zero-order valence-corrected chi connectivity index (χ0v) is 14.1. The van der Waals surface area contributed by atoms with Gasteiger partial charge in [-0.3, -0.25) is 0 Å². The zero-order chi connectivity index (χ0) is 8.48. The molecule has 0 aliphatic heterocycles. The maximum Gasteiger partial charge on any atom is 0 e. The van der Waals surface area contributed by atoms with Crippen LogP contribution in [0.25, 0.3) is 0 Å². The van der Waals surface area contributed by atoms with Crippen LogP contribution in [0.2, 0.25) is 5.02 Å². The van der Waals surface area contributed by atoms with E-state index in [2.05, 4.69) is 0 Å². The van der Waals surface area contributed by atoms with Crippen molar-refractivity contribution in [2.24, 2.45) is 0 Å². The summed E-state index contributed by atoms with van der Waals surface area (Å²) in [4.78, 5) is 0. The summed E-state index contributed by atoms with van der Waals surface area (Å²) < 4.78 is 28.1. The van der Waals surface area contributed by atoms with Crippen molar-refractivity contribution in [2.75, 3.05) is 0 Å². The van der Waals surface area contributed by atoms with Crippen LogP contribution in [0.5, 0.6) is 0 Å². The molecule has 0 saturated heterocycles. The van der Waals surface area contributed by atoms with E-state index in [4.69, 9.17) is 19.8 Å². The molecular formula is C6H6AsClNa2O3. The molecule has 0 aliphatic carbocycles. The molecule has 0 aromatic heterocycles. The second-order valence-electron chi connectivity index (χ2n) is 2.02. The van der Waals surface area contributed by atoms with Gasteiger partial charge in [0.05, 0.1) is 0 Å². The minimum atomic E-state index is -4.68. The first kappa shape index (κ1) is 17.2. The fourth-order valence-corrected chi connectivity index (χ4v) is 1.89. The van der Waals surface area contributed by atoms with Crippen LogP contribution in [0.1, 0.15) is 0 Å². The third-order valence-corrected chi connectivity index (χ3v) is 3.45. The molecule has 0 amide bonds. The Morgan fingerprint density at radius 3 is 1.77 bits per heavy atom. The SMILES string of the molecule is O=[As](O)(O)c1ccc(Cl)cc1.[Na].[Na]. The van der Waals surface area contributed by atoms with Gasteiger partial charge < -0.3 is 0 Å². The largest absolute Gasteiger partial charge is 0 e. The molecule has 0 spiro atoms. The third kappa shape index (κ3) is 6.06. The summed E-state index contributed by atoms with van der Waals surface area (Å²) in [5.41, 5.74) is 0. The average molecular weight is 282 g/mol. The summed E-state index contributed by atoms with van der Waals surface area (Å²) in [6, 6.07) is 5.58. The molecule has 0 unspecified atom stereocenters. The fraction of sp³-hybridized carbons (Fsp3) is 0. The molecule has 1 aromatic rings. The molecule has 0 fully saturated rings. The van der Waals surface area contributed by atoms with Gasteiger partial charge in [0.15, 0.2) is 0 Å². The molecule has 2 N–H and O–H groups in total. The molecule has 0 aliphatic rings. The van der Waals surface area contributed by atoms with Crippen molar-refractivity contribution >= 4 is 89.2 Å². The van der Waals surface area contributed by atoms with Gasteiger partial charge in [-0.15, -0.1) is 0 Å². The molecule has 2 radical (unpaired) electrons. The quantitative estimate of drug-likeness (QED) is 0.659. The van der Waals surface area contributed by atoms with E-state index in [1.165, 1.54) is 24.3 Å². The molecule has 1 rings (SSSR count). The summed E-state index contributed by atoms with van der Waals surface area (Å²) in [5, 5.41) is 0.470. The van der Waals surface area contributed by atoms with E-state index in [9.17, 15) is 3.74 Å². The molecule has 0 saturated carbocycles. The monoisotopic (exact) mass is 282 g/mol. The molecule has 3 nitrogen and oxygen atoms in total. The van der Waals surface area contributed by atoms with Crippen LogP contribution in [0.3, 0.4) is 0 Å².